The average Bonchev–Trinajstić information content (AvgIpc) is 2.80. The molecule has 2 rings (SSSR count). The third-order valence-electron chi connectivity index (χ3n) is 2.57. The standard InChI is InChI=1S/C11H6Cl2F3N3O2S/c12-7-2-8(17-3-5-4-18-10(13)22-5)9(19(20)21)1-6(7)11(14,15)16/h1-2,4,17H,3H2. The zero-order valence-electron chi connectivity index (χ0n) is 10.4. The van der Waals surface area contributed by atoms with E-state index in [1.54, 1.807) is 0 Å². The molecule has 0 bridgehead atoms. The van der Waals surface area contributed by atoms with Crippen molar-refractivity contribution in [1.29, 1.82) is 0 Å². The van der Waals surface area contributed by atoms with Crippen LogP contribution in [0.3, 0.4) is 0 Å². The van der Waals surface area contributed by atoms with Crippen molar-refractivity contribution in [2.75, 3.05) is 5.32 Å². The lowest BCUT2D eigenvalue weighted by atomic mass is 10.1. The summed E-state index contributed by atoms with van der Waals surface area (Å²) >= 11 is 12.4. The van der Waals surface area contributed by atoms with Crippen molar-refractivity contribution < 1.29 is 18.1 Å². The molecule has 1 N–H and O–H groups in total. The maximum atomic E-state index is 12.7. The molecule has 118 valence electrons. The Bertz CT molecular complexity index is 721. The van der Waals surface area contributed by atoms with Crippen LogP contribution in [-0.4, -0.2) is 9.91 Å². The van der Waals surface area contributed by atoms with Crippen molar-refractivity contribution in [1.82, 2.24) is 4.98 Å². The van der Waals surface area contributed by atoms with Crippen molar-refractivity contribution in [2.24, 2.45) is 0 Å². The topological polar surface area (TPSA) is 68.1 Å². The number of nitrogens with one attached hydrogen (secondary N) is 1. The van der Waals surface area contributed by atoms with Gasteiger partial charge in [0.25, 0.3) is 5.69 Å². The summed E-state index contributed by atoms with van der Waals surface area (Å²) in [4.78, 5) is 14.5. The molecular weight excluding hydrogens is 366 g/mol. The number of nitro groups is 1. The van der Waals surface area contributed by atoms with E-state index in [2.05, 4.69) is 10.3 Å². The molecule has 0 aliphatic carbocycles. The first-order chi connectivity index (χ1) is 10.2. The fourth-order valence-corrected chi connectivity index (χ4v) is 2.81. The number of nitro benzene ring substituents is 1. The summed E-state index contributed by atoms with van der Waals surface area (Å²) in [6.45, 7) is 0.118. The van der Waals surface area contributed by atoms with Gasteiger partial charge in [0.2, 0.25) is 0 Å². The van der Waals surface area contributed by atoms with E-state index in [1.165, 1.54) is 6.20 Å². The van der Waals surface area contributed by atoms with E-state index in [9.17, 15) is 23.3 Å². The first kappa shape index (κ1) is 16.8. The van der Waals surface area contributed by atoms with Crippen LogP contribution in [0.1, 0.15) is 10.4 Å². The van der Waals surface area contributed by atoms with Gasteiger partial charge in [-0.3, -0.25) is 10.1 Å². The third-order valence-corrected chi connectivity index (χ3v) is 3.99. The normalized spacial score (nSPS) is 11.5. The quantitative estimate of drug-likeness (QED) is 0.607. The SMILES string of the molecule is O=[N+]([O-])c1cc(C(F)(F)F)c(Cl)cc1NCc1cnc(Cl)s1. The second kappa shape index (κ2) is 6.27. The largest absolute Gasteiger partial charge is 0.418 e. The van der Waals surface area contributed by atoms with E-state index in [0.717, 1.165) is 17.4 Å². The monoisotopic (exact) mass is 371 g/mol. The molecule has 1 aromatic carbocycles. The van der Waals surface area contributed by atoms with Crippen molar-refractivity contribution in [3.63, 3.8) is 0 Å². The summed E-state index contributed by atoms with van der Waals surface area (Å²) in [5, 5.41) is 13.0. The molecule has 1 aromatic heterocycles. The number of rotatable bonds is 4. The lowest BCUT2D eigenvalue weighted by molar-refractivity contribution is -0.384. The van der Waals surface area contributed by atoms with Crippen LogP contribution in [0, 0.1) is 10.1 Å². The molecule has 0 saturated heterocycles. The van der Waals surface area contributed by atoms with Gasteiger partial charge in [0.05, 0.1) is 22.1 Å². The van der Waals surface area contributed by atoms with Gasteiger partial charge in [-0.05, 0) is 6.07 Å². The Morgan fingerprint density at radius 2 is 2.05 bits per heavy atom. The van der Waals surface area contributed by atoms with Crippen LogP contribution in [0.5, 0.6) is 0 Å². The van der Waals surface area contributed by atoms with Gasteiger partial charge in [0.1, 0.15) is 5.69 Å². The Morgan fingerprint density at radius 3 is 2.55 bits per heavy atom. The Hall–Kier alpha value is -1.58. The summed E-state index contributed by atoms with van der Waals surface area (Å²) in [7, 11) is 0. The Morgan fingerprint density at radius 1 is 1.36 bits per heavy atom. The van der Waals surface area contributed by atoms with E-state index in [-0.39, 0.29) is 16.7 Å². The molecule has 0 aliphatic heterocycles. The van der Waals surface area contributed by atoms with Gasteiger partial charge in [-0.15, -0.1) is 11.3 Å². The number of aromatic nitrogens is 1. The number of hydrogen-bond donors (Lipinski definition) is 1. The van der Waals surface area contributed by atoms with Gasteiger partial charge in [-0.1, -0.05) is 23.2 Å². The summed E-state index contributed by atoms with van der Waals surface area (Å²) in [5.41, 5.74) is -2.09. The summed E-state index contributed by atoms with van der Waals surface area (Å²) < 4.78 is 38.5. The highest BCUT2D eigenvalue weighted by molar-refractivity contribution is 7.15. The van der Waals surface area contributed by atoms with Crippen molar-refractivity contribution in [2.45, 2.75) is 12.7 Å². The van der Waals surface area contributed by atoms with Crippen molar-refractivity contribution in [3.05, 3.63) is 48.4 Å². The van der Waals surface area contributed by atoms with Gasteiger partial charge in [0, 0.05) is 17.1 Å². The fraction of sp³-hybridized carbons (Fsp3) is 0.182. The van der Waals surface area contributed by atoms with Crippen LogP contribution >= 0.6 is 34.5 Å². The number of hydrogen-bond acceptors (Lipinski definition) is 5. The number of benzene rings is 1. The molecule has 0 atom stereocenters. The maximum Gasteiger partial charge on any atom is 0.418 e. The van der Waals surface area contributed by atoms with Crippen molar-refractivity contribution in [3.8, 4) is 0 Å². The molecule has 0 amide bonds. The van der Waals surface area contributed by atoms with Gasteiger partial charge < -0.3 is 5.32 Å². The van der Waals surface area contributed by atoms with Crippen molar-refractivity contribution >= 4 is 45.9 Å². The van der Waals surface area contributed by atoms with Crippen LogP contribution in [0.15, 0.2) is 18.3 Å². The van der Waals surface area contributed by atoms with Crippen LogP contribution < -0.4 is 5.32 Å². The minimum absolute atomic E-state index is 0.118. The fourth-order valence-electron chi connectivity index (χ4n) is 1.62. The second-order valence-corrected chi connectivity index (χ2v) is 6.14. The van der Waals surface area contributed by atoms with Gasteiger partial charge in [0.15, 0.2) is 4.47 Å². The highest BCUT2D eigenvalue weighted by Gasteiger charge is 2.36. The van der Waals surface area contributed by atoms with E-state index >= 15 is 0 Å². The van der Waals surface area contributed by atoms with E-state index in [1.807, 2.05) is 0 Å². The highest BCUT2D eigenvalue weighted by atomic mass is 35.5. The summed E-state index contributed by atoms with van der Waals surface area (Å²) in [6, 6.07) is 1.29. The molecule has 0 radical (unpaired) electrons. The first-order valence-electron chi connectivity index (χ1n) is 5.57. The van der Waals surface area contributed by atoms with Crippen LogP contribution in [0.25, 0.3) is 0 Å². The minimum atomic E-state index is -4.77. The Labute approximate surface area is 135 Å². The molecule has 1 heterocycles. The van der Waals surface area contributed by atoms with Gasteiger partial charge in [-0.2, -0.15) is 13.2 Å². The van der Waals surface area contributed by atoms with E-state index < -0.39 is 27.4 Å². The molecule has 2 aromatic rings. The summed E-state index contributed by atoms with van der Waals surface area (Å²) in [5.74, 6) is 0. The molecule has 0 aliphatic rings. The Kier molecular flexibility index (Phi) is 4.78. The second-order valence-electron chi connectivity index (χ2n) is 4.04. The zero-order chi connectivity index (χ0) is 16.5. The van der Waals surface area contributed by atoms with Gasteiger partial charge in [-0.25, -0.2) is 4.98 Å². The van der Waals surface area contributed by atoms with E-state index in [4.69, 9.17) is 23.2 Å². The number of nitrogens with zero attached hydrogens (tertiary/aromatic N) is 2. The number of anilines is 1. The van der Waals surface area contributed by atoms with Crippen LogP contribution in [0.4, 0.5) is 24.5 Å². The third kappa shape index (κ3) is 3.79. The first-order valence-corrected chi connectivity index (χ1v) is 7.15. The smallest absolute Gasteiger partial charge is 0.374 e. The average molecular weight is 372 g/mol. The Balaban J connectivity index is 2.34. The highest BCUT2D eigenvalue weighted by Crippen LogP contribution is 2.40. The van der Waals surface area contributed by atoms with Crippen LogP contribution in [0.2, 0.25) is 9.49 Å². The molecule has 22 heavy (non-hydrogen) atoms. The minimum Gasteiger partial charge on any atom is -0.374 e. The molecule has 0 saturated carbocycles. The molecule has 5 nitrogen and oxygen atoms in total. The lowest BCUT2D eigenvalue weighted by Gasteiger charge is -2.12. The maximum absolute atomic E-state index is 12.7. The molecule has 11 heteroatoms. The molecule has 0 unspecified atom stereocenters. The van der Waals surface area contributed by atoms with E-state index in [0.29, 0.717) is 10.9 Å². The lowest BCUT2D eigenvalue weighted by Crippen LogP contribution is -2.09. The van der Waals surface area contributed by atoms with Gasteiger partial charge >= 0.3 is 6.18 Å². The van der Waals surface area contributed by atoms with Crippen LogP contribution in [-0.2, 0) is 12.7 Å². The summed E-state index contributed by atoms with van der Waals surface area (Å²) in [6.07, 6.45) is -3.32. The molecule has 0 spiro atoms. The predicted molar refractivity (Wildman–Crippen MR) is 77.6 cm³/mol. The number of thiazole rings is 1. The number of alkyl halides is 3. The molecule has 0 fully saturated rings. The number of halogens is 5. The molecular formula is C11H6Cl2F3N3O2S. The zero-order valence-corrected chi connectivity index (χ0v) is 12.8. The predicted octanol–water partition coefficient (Wildman–Crippen LogP) is 4.99.